The Morgan fingerprint density at radius 3 is 3.15 bits per heavy atom. The molecule has 0 atom stereocenters. The monoisotopic (exact) mass is 179 g/mol. The average molecular weight is 179 g/mol. The number of amides is 1. The van der Waals surface area contributed by atoms with E-state index in [4.69, 9.17) is 11.0 Å². The summed E-state index contributed by atoms with van der Waals surface area (Å²) in [6.07, 6.45) is 1.60. The van der Waals surface area contributed by atoms with E-state index in [1.165, 1.54) is 4.68 Å². The van der Waals surface area contributed by atoms with Gasteiger partial charge in [-0.3, -0.25) is 9.48 Å². The van der Waals surface area contributed by atoms with Gasteiger partial charge in [-0.1, -0.05) is 0 Å². The number of carbonyl (C=O) groups excluding carboxylic acids is 1. The number of nitrogens with one attached hydrogen (secondary N) is 1. The summed E-state index contributed by atoms with van der Waals surface area (Å²) in [5, 5.41) is 14.4. The fraction of sp³-hybridized carbons (Fsp3) is 0.286. The van der Waals surface area contributed by atoms with Gasteiger partial charge in [0.2, 0.25) is 5.91 Å². The molecule has 1 amide bonds. The average Bonchev–Trinajstić information content (AvgIpc) is 2.48. The number of hydrogen-bond acceptors (Lipinski definition) is 4. The Kier molecular flexibility index (Phi) is 2.87. The van der Waals surface area contributed by atoms with E-state index in [0.717, 1.165) is 0 Å². The molecule has 0 radical (unpaired) electrons. The van der Waals surface area contributed by atoms with Crippen LogP contribution in [0.25, 0.3) is 0 Å². The van der Waals surface area contributed by atoms with E-state index < -0.39 is 0 Å². The largest absolute Gasteiger partial charge is 0.382 e. The quantitative estimate of drug-likeness (QED) is 0.588. The second-order valence-electron chi connectivity index (χ2n) is 2.37. The normalized spacial score (nSPS) is 9.15. The molecule has 6 heteroatoms. The van der Waals surface area contributed by atoms with Gasteiger partial charge >= 0.3 is 0 Å². The molecule has 3 N–H and O–H groups in total. The third-order valence-electron chi connectivity index (χ3n) is 1.33. The fourth-order valence-corrected chi connectivity index (χ4v) is 0.807. The molecule has 0 fully saturated rings. The van der Waals surface area contributed by atoms with Gasteiger partial charge in [-0.2, -0.15) is 10.4 Å². The van der Waals surface area contributed by atoms with Crippen LogP contribution in [0.3, 0.4) is 0 Å². The maximum absolute atomic E-state index is 11.0. The summed E-state index contributed by atoms with van der Waals surface area (Å²) >= 11 is 0. The Bertz CT molecular complexity index is 337. The number of nitrogens with two attached hydrogens (primary N) is 1. The summed E-state index contributed by atoms with van der Waals surface area (Å²) in [5.74, 6) is 0.109. The summed E-state index contributed by atoms with van der Waals surface area (Å²) in [6.45, 7) is 0.0917. The van der Waals surface area contributed by atoms with Crippen molar-refractivity contribution in [1.29, 1.82) is 5.26 Å². The van der Waals surface area contributed by atoms with E-state index in [1.807, 2.05) is 0 Å². The van der Waals surface area contributed by atoms with Crippen LogP contribution < -0.4 is 11.1 Å². The number of nitrogen functional groups attached to an aromatic ring is 1. The van der Waals surface area contributed by atoms with Gasteiger partial charge in [-0.05, 0) is 6.07 Å². The molecular weight excluding hydrogens is 170 g/mol. The summed E-state index contributed by atoms with van der Waals surface area (Å²) in [5.41, 5.74) is 5.34. The van der Waals surface area contributed by atoms with Crippen LogP contribution in [0.2, 0.25) is 0 Å². The zero-order valence-corrected chi connectivity index (χ0v) is 6.90. The van der Waals surface area contributed by atoms with Gasteiger partial charge in [0.05, 0.1) is 6.07 Å². The predicted molar refractivity (Wildman–Crippen MR) is 45.3 cm³/mol. The Labute approximate surface area is 74.9 Å². The Morgan fingerprint density at radius 2 is 2.62 bits per heavy atom. The van der Waals surface area contributed by atoms with E-state index in [0.29, 0.717) is 5.82 Å². The first-order valence-electron chi connectivity index (χ1n) is 3.65. The van der Waals surface area contributed by atoms with Crippen molar-refractivity contribution in [2.75, 3.05) is 12.3 Å². The molecule has 0 spiro atoms. The lowest BCUT2D eigenvalue weighted by Crippen LogP contribution is -2.27. The molecule has 0 saturated carbocycles. The first kappa shape index (κ1) is 9.06. The van der Waals surface area contributed by atoms with Crippen molar-refractivity contribution in [3.8, 4) is 6.07 Å². The lowest BCUT2D eigenvalue weighted by molar-refractivity contribution is -0.121. The van der Waals surface area contributed by atoms with E-state index >= 15 is 0 Å². The van der Waals surface area contributed by atoms with Gasteiger partial charge in [0.25, 0.3) is 0 Å². The molecule has 0 aliphatic rings. The minimum absolute atomic E-state index is 0.00951. The molecule has 68 valence electrons. The molecule has 0 aliphatic heterocycles. The van der Waals surface area contributed by atoms with Crippen molar-refractivity contribution in [2.45, 2.75) is 6.54 Å². The third kappa shape index (κ3) is 2.83. The highest BCUT2D eigenvalue weighted by Gasteiger charge is 2.01. The lowest BCUT2D eigenvalue weighted by atomic mass is 10.5. The molecule has 6 nitrogen and oxygen atoms in total. The van der Waals surface area contributed by atoms with Crippen LogP contribution in [-0.4, -0.2) is 22.2 Å². The molecule has 13 heavy (non-hydrogen) atoms. The molecule has 1 rings (SSSR count). The number of anilines is 1. The maximum Gasteiger partial charge on any atom is 0.242 e. The van der Waals surface area contributed by atoms with Crippen LogP contribution in [-0.2, 0) is 11.3 Å². The van der Waals surface area contributed by atoms with Crippen molar-refractivity contribution in [2.24, 2.45) is 0 Å². The lowest BCUT2D eigenvalue weighted by Gasteiger charge is -1.99. The molecular formula is C7H9N5O. The summed E-state index contributed by atoms with van der Waals surface area (Å²) in [4.78, 5) is 11.0. The minimum atomic E-state index is -0.260. The number of aromatic nitrogens is 2. The third-order valence-corrected chi connectivity index (χ3v) is 1.33. The smallest absolute Gasteiger partial charge is 0.242 e. The first-order chi connectivity index (χ1) is 6.22. The molecule has 1 aromatic heterocycles. The number of nitriles is 1. The van der Waals surface area contributed by atoms with E-state index in [2.05, 4.69) is 10.4 Å². The molecule has 0 bridgehead atoms. The minimum Gasteiger partial charge on any atom is -0.382 e. The Balaban J connectivity index is 2.41. The Hall–Kier alpha value is -2.03. The van der Waals surface area contributed by atoms with Crippen molar-refractivity contribution in [3.05, 3.63) is 12.3 Å². The predicted octanol–water partition coefficient (Wildman–Crippen LogP) is -0.895. The van der Waals surface area contributed by atoms with Crippen LogP contribution in [0.5, 0.6) is 0 Å². The van der Waals surface area contributed by atoms with Crippen molar-refractivity contribution < 1.29 is 4.79 Å². The van der Waals surface area contributed by atoms with Crippen molar-refractivity contribution in [1.82, 2.24) is 15.1 Å². The van der Waals surface area contributed by atoms with Gasteiger partial charge in [0.1, 0.15) is 18.9 Å². The van der Waals surface area contributed by atoms with Crippen LogP contribution in [0.4, 0.5) is 5.82 Å². The molecule has 0 aliphatic carbocycles. The maximum atomic E-state index is 11.0. The topological polar surface area (TPSA) is 96.7 Å². The van der Waals surface area contributed by atoms with E-state index in [1.54, 1.807) is 18.3 Å². The van der Waals surface area contributed by atoms with Gasteiger partial charge in [-0.25, -0.2) is 0 Å². The first-order valence-corrected chi connectivity index (χ1v) is 3.65. The fourth-order valence-electron chi connectivity index (χ4n) is 0.807. The SMILES string of the molecule is N#CCNC(=O)Cn1ccc(N)n1. The molecule has 1 heterocycles. The zero-order chi connectivity index (χ0) is 9.68. The summed E-state index contributed by atoms with van der Waals surface area (Å²) < 4.78 is 1.40. The van der Waals surface area contributed by atoms with Gasteiger partial charge < -0.3 is 11.1 Å². The highest BCUT2D eigenvalue weighted by molar-refractivity contribution is 5.75. The van der Waals surface area contributed by atoms with Gasteiger partial charge in [0, 0.05) is 6.20 Å². The van der Waals surface area contributed by atoms with Crippen molar-refractivity contribution in [3.63, 3.8) is 0 Å². The van der Waals surface area contributed by atoms with Gasteiger partial charge in [0.15, 0.2) is 0 Å². The van der Waals surface area contributed by atoms with Gasteiger partial charge in [-0.15, -0.1) is 0 Å². The molecule has 1 aromatic rings. The molecule has 0 aromatic carbocycles. The summed E-state index contributed by atoms with van der Waals surface area (Å²) in [6, 6.07) is 3.40. The Morgan fingerprint density at radius 1 is 1.85 bits per heavy atom. The van der Waals surface area contributed by atoms with E-state index in [9.17, 15) is 4.79 Å². The van der Waals surface area contributed by atoms with Crippen molar-refractivity contribution >= 4 is 11.7 Å². The zero-order valence-electron chi connectivity index (χ0n) is 6.90. The number of nitrogens with zero attached hydrogens (tertiary/aromatic N) is 3. The van der Waals surface area contributed by atoms with E-state index in [-0.39, 0.29) is 19.0 Å². The number of hydrogen-bond donors (Lipinski definition) is 2. The molecule has 0 saturated heterocycles. The van der Waals surface area contributed by atoms with Crippen LogP contribution in [0.1, 0.15) is 0 Å². The summed E-state index contributed by atoms with van der Waals surface area (Å²) in [7, 11) is 0. The van der Waals surface area contributed by atoms with Crippen LogP contribution in [0, 0.1) is 11.3 Å². The van der Waals surface area contributed by atoms with Crippen LogP contribution in [0.15, 0.2) is 12.3 Å². The standard InChI is InChI=1S/C7H9N5O/c8-2-3-10-7(13)5-12-4-1-6(9)11-12/h1,4H,3,5H2,(H2,9,11)(H,10,13). The second-order valence-corrected chi connectivity index (χ2v) is 2.37. The number of rotatable bonds is 3. The molecule has 0 unspecified atom stereocenters. The number of carbonyl (C=O) groups is 1. The second kappa shape index (κ2) is 4.11. The highest BCUT2D eigenvalue weighted by Crippen LogP contribution is 1.94. The van der Waals surface area contributed by atoms with Crippen LogP contribution >= 0.6 is 0 Å². The highest BCUT2D eigenvalue weighted by atomic mass is 16.2.